The first kappa shape index (κ1) is 17.8. The Morgan fingerprint density at radius 1 is 1.29 bits per heavy atom. The van der Waals surface area contributed by atoms with Crippen molar-refractivity contribution in [2.45, 2.75) is 47.1 Å². The lowest BCUT2D eigenvalue weighted by atomic mass is 10.0. The van der Waals surface area contributed by atoms with E-state index in [1.165, 1.54) is 11.3 Å². The minimum atomic E-state index is -0.0456. The van der Waals surface area contributed by atoms with Gasteiger partial charge in [0.2, 0.25) is 0 Å². The summed E-state index contributed by atoms with van der Waals surface area (Å²) in [6.07, 6.45) is 0.972. The minimum Gasteiger partial charge on any atom is -0.382 e. The Morgan fingerprint density at radius 2 is 1.90 bits per heavy atom. The maximum Gasteiger partial charge on any atom is 0.267 e. The molecule has 6 heteroatoms. The first-order valence-corrected chi connectivity index (χ1v) is 8.31. The number of thiazole rings is 1. The molecule has 0 aliphatic rings. The lowest BCUT2D eigenvalue weighted by molar-refractivity contribution is 0.0734. The summed E-state index contributed by atoms with van der Waals surface area (Å²) in [5, 5.41) is 3.93. The van der Waals surface area contributed by atoms with E-state index in [-0.39, 0.29) is 11.9 Å². The van der Waals surface area contributed by atoms with Crippen molar-refractivity contribution in [2.75, 3.05) is 24.6 Å². The number of carbonyl (C=O) groups is 1. The lowest BCUT2D eigenvalue weighted by Crippen LogP contribution is -2.35. The number of hydrogen-bond acceptors (Lipinski definition) is 5. The van der Waals surface area contributed by atoms with Crippen molar-refractivity contribution in [3.05, 3.63) is 4.88 Å². The molecular formula is C15H28N4OS. The van der Waals surface area contributed by atoms with Crippen LogP contribution in [0.1, 0.15) is 50.7 Å². The van der Waals surface area contributed by atoms with E-state index in [9.17, 15) is 4.79 Å². The Labute approximate surface area is 131 Å². The molecule has 0 aliphatic carbocycles. The van der Waals surface area contributed by atoms with E-state index in [0.29, 0.717) is 22.5 Å². The number of carbonyl (C=O) groups excluding carboxylic acids is 1. The van der Waals surface area contributed by atoms with Gasteiger partial charge < -0.3 is 16.0 Å². The third kappa shape index (κ3) is 5.19. The molecule has 0 saturated carbocycles. The Kier molecular flexibility index (Phi) is 6.45. The first-order valence-electron chi connectivity index (χ1n) is 7.49. The van der Waals surface area contributed by atoms with Gasteiger partial charge in [0, 0.05) is 19.6 Å². The highest BCUT2D eigenvalue weighted by Crippen LogP contribution is 2.27. The number of amides is 1. The van der Waals surface area contributed by atoms with Crippen LogP contribution in [0.4, 0.5) is 10.9 Å². The van der Waals surface area contributed by atoms with Gasteiger partial charge in [-0.2, -0.15) is 0 Å². The number of aromatic nitrogens is 1. The summed E-state index contributed by atoms with van der Waals surface area (Å²) in [5.41, 5.74) is 5.90. The van der Waals surface area contributed by atoms with E-state index >= 15 is 0 Å². The quantitative estimate of drug-likeness (QED) is 0.810. The van der Waals surface area contributed by atoms with Crippen LogP contribution in [-0.4, -0.2) is 35.4 Å². The third-order valence-electron chi connectivity index (χ3n) is 3.30. The van der Waals surface area contributed by atoms with Gasteiger partial charge in [0.15, 0.2) is 5.13 Å². The minimum absolute atomic E-state index is 0.0456. The molecular weight excluding hydrogens is 284 g/mol. The van der Waals surface area contributed by atoms with Crippen LogP contribution in [0.25, 0.3) is 0 Å². The Balaban J connectivity index is 2.77. The van der Waals surface area contributed by atoms with Crippen LogP contribution in [0.2, 0.25) is 0 Å². The molecule has 1 amide bonds. The maximum atomic E-state index is 12.5. The highest BCUT2D eigenvalue weighted by molar-refractivity contribution is 7.18. The molecule has 5 nitrogen and oxygen atoms in total. The van der Waals surface area contributed by atoms with Gasteiger partial charge in [-0.15, -0.1) is 0 Å². The summed E-state index contributed by atoms with van der Waals surface area (Å²) in [4.78, 5) is 19.1. The SMILES string of the molecule is CC(C)CNc1nc(N)c(C(=O)N(C)C(C)CC(C)C)s1. The number of nitrogens with one attached hydrogen (secondary N) is 1. The van der Waals surface area contributed by atoms with E-state index in [1.807, 2.05) is 7.05 Å². The molecule has 0 fully saturated rings. The Bertz CT molecular complexity index is 470. The first-order chi connectivity index (χ1) is 9.72. The molecule has 1 heterocycles. The summed E-state index contributed by atoms with van der Waals surface area (Å²) < 4.78 is 0. The van der Waals surface area contributed by atoms with E-state index < -0.39 is 0 Å². The molecule has 120 valence electrons. The molecule has 0 spiro atoms. The molecule has 1 rings (SSSR count). The number of nitrogens with two attached hydrogens (primary N) is 1. The highest BCUT2D eigenvalue weighted by atomic mass is 32.1. The van der Waals surface area contributed by atoms with Gasteiger partial charge in [0.25, 0.3) is 5.91 Å². The topological polar surface area (TPSA) is 71.2 Å². The monoisotopic (exact) mass is 312 g/mol. The zero-order chi connectivity index (χ0) is 16.2. The van der Waals surface area contributed by atoms with Crippen molar-refractivity contribution >= 4 is 28.2 Å². The fourth-order valence-electron chi connectivity index (χ4n) is 2.05. The average molecular weight is 312 g/mol. The zero-order valence-electron chi connectivity index (χ0n) is 13.9. The number of anilines is 2. The Hall–Kier alpha value is -1.30. The third-order valence-corrected chi connectivity index (χ3v) is 4.32. The summed E-state index contributed by atoms with van der Waals surface area (Å²) in [5.74, 6) is 1.34. The fraction of sp³-hybridized carbons (Fsp3) is 0.733. The maximum absolute atomic E-state index is 12.5. The molecule has 1 aromatic rings. The average Bonchev–Trinajstić information content (AvgIpc) is 2.75. The van der Waals surface area contributed by atoms with Crippen LogP contribution < -0.4 is 11.1 Å². The molecule has 0 radical (unpaired) electrons. The molecule has 1 aromatic heterocycles. The summed E-state index contributed by atoms with van der Waals surface area (Å²) in [6, 6.07) is 0.186. The van der Waals surface area contributed by atoms with Gasteiger partial charge in [-0.1, -0.05) is 39.0 Å². The fourth-order valence-corrected chi connectivity index (χ4v) is 2.93. The molecule has 0 saturated heterocycles. The van der Waals surface area contributed by atoms with Crippen LogP contribution in [0.3, 0.4) is 0 Å². The van der Waals surface area contributed by atoms with Crippen LogP contribution in [-0.2, 0) is 0 Å². The predicted molar refractivity (Wildman–Crippen MR) is 90.9 cm³/mol. The molecule has 0 bridgehead atoms. The smallest absolute Gasteiger partial charge is 0.267 e. The lowest BCUT2D eigenvalue weighted by Gasteiger charge is -2.25. The molecule has 1 atom stereocenters. The van der Waals surface area contributed by atoms with E-state index in [4.69, 9.17) is 5.73 Å². The van der Waals surface area contributed by atoms with Crippen LogP contribution in [0.15, 0.2) is 0 Å². The van der Waals surface area contributed by atoms with Gasteiger partial charge in [0.05, 0.1) is 0 Å². The summed E-state index contributed by atoms with van der Waals surface area (Å²) in [7, 11) is 1.83. The van der Waals surface area contributed by atoms with Crippen molar-refractivity contribution in [3.8, 4) is 0 Å². The second-order valence-electron chi connectivity index (χ2n) is 6.40. The Morgan fingerprint density at radius 3 is 2.43 bits per heavy atom. The number of nitrogens with zero attached hydrogens (tertiary/aromatic N) is 2. The standard InChI is InChI=1S/C15H28N4OS/c1-9(2)7-11(5)19(6)14(20)12-13(16)18-15(21-12)17-8-10(3)4/h9-11H,7-8,16H2,1-6H3,(H,17,18). The van der Waals surface area contributed by atoms with Crippen molar-refractivity contribution in [2.24, 2.45) is 11.8 Å². The van der Waals surface area contributed by atoms with Gasteiger partial charge in [-0.05, 0) is 25.2 Å². The van der Waals surface area contributed by atoms with Crippen molar-refractivity contribution in [1.82, 2.24) is 9.88 Å². The van der Waals surface area contributed by atoms with Crippen LogP contribution in [0, 0.1) is 11.8 Å². The molecule has 1 unspecified atom stereocenters. The van der Waals surface area contributed by atoms with Crippen LogP contribution in [0.5, 0.6) is 0 Å². The van der Waals surface area contributed by atoms with E-state index in [1.54, 1.807) is 4.90 Å². The van der Waals surface area contributed by atoms with Crippen molar-refractivity contribution in [3.63, 3.8) is 0 Å². The van der Waals surface area contributed by atoms with Crippen molar-refractivity contribution in [1.29, 1.82) is 0 Å². The number of rotatable bonds is 7. The second-order valence-corrected chi connectivity index (χ2v) is 7.40. The largest absolute Gasteiger partial charge is 0.382 e. The normalized spacial score (nSPS) is 12.8. The van der Waals surface area contributed by atoms with Gasteiger partial charge >= 0.3 is 0 Å². The number of hydrogen-bond donors (Lipinski definition) is 2. The van der Waals surface area contributed by atoms with Gasteiger partial charge in [-0.3, -0.25) is 4.79 Å². The van der Waals surface area contributed by atoms with E-state index in [2.05, 4.69) is 44.9 Å². The number of nitrogen functional groups attached to an aromatic ring is 1. The highest BCUT2D eigenvalue weighted by Gasteiger charge is 2.23. The predicted octanol–water partition coefficient (Wildman–Crippen LogP) is 3.30. The summed E-state index contributed by atoms with van der Waals surface area (Å²) >= 11 is 1.34. The molecule has 0 aromatic carbocycles. The van der Waals surface area contributed by atoms with Gasteiger partial charge in [-0.25, -0.2) is 4.98 Å². The second kappa shape index (κ2) is 7.64. The van der Waals surface area contributed by atoms with Gasteiger partial charge in [0.1, 0.15) is 10.7 Å². The summed E-state index contributed by atoms with van der Waals surface area (Å²) in [6.45, 7) is 11.4. The molecule has 21 heavy (non-hydrogen) atoms. The molecule has 0 aliphatic heterocycles. The molecule has 3 N–H and O–H groups in total. The van der Waals surface area contributed by atoms with Crippen LogP contribution >= 0.6 is 11.3 Å². The van der Waals surface area contributed by atoms with Crippen molar-refractivity contribution < 1.29 is 4.79 Å². The zero-order valence-corrected chi connectivity index (χ0v) is 14.8. The van der Waals surface area contributed by atoms with E-state index in [0.717, 1.165) is 18.1 Å².